The normalized spacial score (nSPS) is 10.6. The van der Waals surface area contributed by atoms with Crippen LogP contribution in [0.3, 0.4) is 0 Å². The maximum Gasteiger partial charge on any atom is 0.263 e. The number of carbonyl (C=O) groups excluding carboxylic acids is 1. The number of nitrogens with one attached hydrogen (secondary N) is 1. The van der Waals surface area contributed by atoms with Crippen LogP contribution in [0.4, 0.5) is 0 Å². The lowest BCUT2D eigenvalue weighted by Crippen LogP contribution is -2.24. The SMILES string of the molecule is CCCCNC(=O)c1sc(CCc2ccncc2)nc1C. The molecule has 2 rings (SSSR count). The highest BCUT2D eigenvalue weighted by molar-refractivity contribution is 7.13. The third-order valence-corrected chi connectivity index (χ3v) is 4.46. The van der Waals surface area contributed by atoms with Gasteiger partial charge in [-0.2, -0.15) is 0 Å². The van der Waals surface area contributed by atoms with Crippen molar-refractivity contribution in [3.05, 3.63) is 45.7 Å². The first-order valence-electron chi connectivity index (χ1n) is 7.34. The average molecular weight is 303 g/mol. The lowest BCUT2D eigenvalue weighted by molar-refractivity contribution is 0.0956. The van der Waals surface area contributed by atoms with E-state index in [4.69, 9.17) is 0 Å². The Bertz CT molecular complexity index is 580. The molecule has 0 saturated carbocycles. The first kappa shape index (κ1) is 15.6. The van der Waals surface area contributed by atoms with Gasteiger partial charge in [0.25, 0.3) is 5.91 Å². The van der Waals surface area contributed by atoms with Gasteiger partial charge in [-0.05, 0) is 37.5 Å². The topological polar surface area (TPSA) is 54.9 Å². The van der Waals surface area contributed by atoms with E-state index < -0.39 is 0 Å². The van der Waals surface area contributed by atoms with E-state index in [1.165, 1.54) is 16.9 Å². The maximum absolute atomic E-state index is 12.1. The summed E-state index contributed by atoms with van der Waals surface area (Å²) in [7, 11) is 0. The summed E-state index contributed by atoms with van der Waals surface area (Å²) in [6.07, 6.45) is 7.48. The number of amides is 1. The van der Waals surface area contributed by atoms with Crippen molar-refractivity contribution in [1.29, 1.82) is 0 Å². The largest absolute Gasteiger partial charge is 0.351 e. The zero-order valence-electron chi connectivity index (χ0n) is 12.6. The molecule has 0 spiro atoms. The quantitative estimate of drug-likeness (QED) is 0.799. The summed E-state index contributed by atoms with van der Waals surface area (Å²) in [5, 5.41) is 3.97. The summed E-state index contributed by atoms with van der Waals surface area (Å²) >= 11 is 1.51. The predicted molar refractivity (Wildman–Crippen MR) is 85.7 cm³/mol. The second kappa shape index (κ2) is 7.88. The first-order valence-corrected chi connectivity index (χ1v) is 8.15. The Kier molecular flexibility index (Phi) is 5.87. The van der Waals surface area contributed by atoms with Crippen molar-refractivity contribution < 1.29 is 4.79 Å². The Morgan fingerprint density at radius 2 is 2.05 bits per heavy atom. The highest BCUT2D eigenvalue weighted by atomic mass is 32.1. The van der Waals surface area contributed by atoms with Crippen LogP contribution in [0, 0.1) is 6.92 Å². The minimum atomic E-state index is 0.00797. The van der Waals surface area contributed by atoms with Crippen LogP contribution in [0.5, 0.6) is 0 Å². The molecule has 0 bridgehead atoms. The summed E-state index contributed by atoms with van der Waals surface area (Å²) in [5.74, 6) is 0.00797. The fourth-order valence-corrected chi connectivity index (χ4v) is 3.01. The third-order valence-electron chi connectivity index (χ3n) is 3.24. The summed E-state index contributed by atoms with van der Waals surface area (Å²) in [5.41, 5.74) is 2.07. The summed E-state index contributed by atoms with van der Waals surface area (Å²) < 4.78 is 0. The molecule has 0 atom stereocenters. The van der Waals surface area contributed by atoms with E-state index in [1.54, 1.807) is 12.4 Å². The van der Waals surface area contributed by atoms with Crippen LogP contribution in [0.1, 0.15) is 45.7 Å². The number of thiazole rings is 1. The minimum absolute atomic E-state index is 0.00797. The molecule has 21 heavy (non-hydrogen) atoms. The minimum Gasteiger partial charge on any atom is -0.351 e. The molecule has 0 fully saturated rings. The zero-order chi connectivity index (χ0) is 15.1. The van der Waals surface area contributed by atoms with Crippen LogP contribution in [0.2, 0.25) is 0 Å². The van der Waals surface area contributed by atoms with Gasteiger partial charge >= 0.3 is 0 Å². The Morgan fingerprint density at radius 3 is 2.76 bits per heavy atom. The van der Waals surface area contributed by atoms with Crippen molar-refractivity contribution in [3.8, 4) is 0 Å². The van der Waals surface area contributed by atoms with Crippen molar-refractivity contribution >= 4 is 17.2 Å². The Labute approximate surface area is 129 Å². The van der Waals surface area contributed by atoms with Gasteiger partial charge in [-0.15, -0.1) is 11.3 Å². The van der Waals surface area contributed by atoms with Crippen LogP contribution < -0.4 is 5.32 Å². The number of pyridine rings is 1. The van der Waals surface area contributed by atoms with Gasteiger partial charge < -0.3 is 5.32 Å². The van der Waals surface area contributed by atoms with Crippen molar-refractivity contribution in [2.24, 2.45) is 0 Å². The molecule has 112 valence electrons. The van der Waals surface area contributed by atoms with Gasteiger partial charge in [-0.25, -0.2) is 4.98 Å². The Balaban J connectivity index is 1.94. The predicted octanol–water partition coefficient (Wildman–Crippen LogP) is 3.16. The zero-order valence-corrected chi connectivity index (χ0v) is 13.4. The summed E-state index contributed by atoms with van der Waals surface area (Å²) in [4.78, 5) is 21.4. The van der Waals surface area contributed by atoms with Gasteiger partial charge in [-0.3, -0.25) is 9.78 Å². The van der Waals surface area contributed by atoms with Crippen molar-refractivity contribution in [3.63, 3.8) is 0 Å². The number of aryl methyl sites for hydroxylation is 3. The highest BCUT2D eigenvalue weighted by Crippen LogP contribution is 2.19. The van der Waals surface area contributed by atoms with Crippen LogP contribution in [-0.2, 0) is 12.8 Å². The van der Waals surface area contributed by atoms with Gasteiger partial charge in [0.1, 0.15) is 4.88 Å². The van der Waals surface area contributed by atoms with Gasteiger partial charge in [0.15, 0.2) is 0 Å². The third kappa shape index (κ3) is 4.63. The number of nitrogens with zero attached hydrogens (tertiary/aromatic N) is 2. The fraction of sp³-hybridized carbons (Fsp3) is 0.438. The lowest BCUT2D eigenvalue weighted by Gasteiger charge is -2.01. The van der Waals surface area contributed by atoms with E-state index in [2.05, 4.69) is 22.2 Å². The highest BCUT2D eigenvalue weighted by Gasteiger charge is 2.14. The number of unbranched alkanes of at least 4 members (excludes halogenated alkanes) is 1. The monoisotopic (exact) mass is 303 g/mol. The van der Waals surface area contributed by atoms with Crippen LogP contribution in [-0.4, -0.2) is 22.4 Å². The second-order valence-corrected chi connectivity index (χ2v) is 6.07. The maximum atomic E-state index is 12.1. The van der Waals surface area contributed by atoms with E-state index in [9.17, 15) is 4.79 Å². The van der Waals surface area contributed by atoms with Crippen molar-refractivity contribution in [1.82, 2.24) is 15.3 Å². The molecule has 1 N–H and O–H groups in total. The average Bonchev–Trinajstić information content (AvgIpc) is 2.87. The molecular formula is C16H21N3OS. The lowest BCUT2D eigenvalue weighted by atomic mass is 10.1. The number of hydrogen-bond acceptors (Lipinski definition) is 4. The van der Waals surface area contributed by atoms with Gasteiger partial charge in [0, 0.05) is 25.4 Å². The molecule has 0 aliphatic rings. The molecule has 2 heterocycles. The molecule has 2 aromatic heterocycles. The summed E-state index contributed by atoms with van der Waals surface area (Å²) in [6.45, 7) is 4.75. The van der Waals surface area contributed by atoms with Crippen LogP contribution in [0.25, 0.3) is 0 Å². The molecule has 0 aliphatic heterocycles. The van der Waals surface area contributed by atoms with E-state index in [0.717, 1.165) is 47.8 Å². The van der Waals surface area contributed by atoms with Crippen molar-refractivity contribution in [2.75, 3.05) is 6.54 Å². The molecule has 0 aliphatic carbocycles. The molecule has 4 nitrogen and oxygen atoms in total. The van der Waals surface area contributed by atoms with Crippen molar-refractivity contribution in [2.45, 2.75) is 39.5 Å². The van der Waals surface area contributed by atoms with E-state index in [1.807, 2.05) is 19.1 Å². The molecule has 0 unspecified atom stereocenters. The first-order chi connectivity index (χ1) is 10.2. The molecule has 0 aromatic carbocycles. The number of hydrogen-bond donors (Lipinski definition) is 1. The molecule has 2 aromatic rings. The van der Waals surface area contributed by atoms with E-state index >= 15 is 0 Å². The second-order valence-electron chi connectivity index (χ2n) is 4.99. The fourth-order valence-electron chi connectivity index (χ4n) is 2.03. The summed E-state index contributed by atoms with van der Waals surface area (Å²) in [6, 6.07) is 4.03. The number of rotatable bonds is 7. The van der Waals surface area contributed by atoms with E-state index in [-0.39, 0.29) is 5.91 Å². The molecule has 0 saturated heterocycles. The van der Waals surface area contributed by atoms with Gasteiger partial charge in [-0.1, -0.05) is 13.3 Å². The standard InChI is InChI=1S/C16H21N3OS/c1-3-4-9-18-16(20)15-12(2)19-14(21-15)6-5-13-7-10-17-11-8-13/h7-8,10-11H,3-6,9H2,1-2H3,(H,18,20). The van der Waals surface area contributed by atoms with E-state index in [0.29, 0.717) is 0 Å². The van der Waals surface area contributed by atoms with Gasteiger partial charge in [0.05, 0.1) is 10.7 Å². The number of carbonyl (C=O) groups is 1. The van der Waals surface area contributed by atoms with Crippen LogP contribution >= 0.6 is 11.3 Å². The molecule has 0 radical (unpaired) electrons. The smallest absolute Gasteiger partial charge is 0.263 e. The number of aromatic nitrogens is 2. The molecule has 5 heteroatoms. The Morgan fingerprint density at radius 1 is 1.29 bits per heavy atom. The molecule has 1 amide bonds. The van der Waals surface area contributed by atoms with Crippen LogP contribution in [0.15, 0.2) is 24.5 Å². The Hall–Kier alpha value is -1.75. The molecular weight excluding hydrogens is 282 g/mol. The van der Waals surface area contributed by atoms with Gasteiger partial charge in [0.2, 0.25) is 0 Å².